The second-order valence-corrected chi connectivity index (χ2v) is 7.73. The van der Waals surface area contributed by atoms with Gasteiger partial charge in [0.05, 0.1) is 12.0 Å². The lowest BCUT2D eigenvalue weighted by atomic mass is 10.0. The Morgan fingerprint density at radius 2 is 2.12 bits per heavy atom. The molecular formula is C18H26N4O2S. The highest BCUT2D eigenvalue weighted by Crippen LogP contribution is 2.34. The second-order valence-electron chi connectivity index (χ2n) is 6.73. The van der Waals surface area contributed by atoms with Crippen molar-refractivity contribution in [2.45, 2.75) is 52.6 Å². The third-order valence-corrected chi connectivity index (χ3v) is 5.97. The van der Waals surface area contributed by atoms with Crippen molar-refractivity contribution >= 4 is 33.3 Å². The third-order valence-electron chi connectivity index (χ3n) is 4.79. The maximum absolute atomic E-state index is 12.2. The fourth-order valence-corrected chi connectivity index (χ4v) is 4.37. The van der Waals surface area contributed by atoms with Crippen LogP contribution in [0.1, 0.15) is 48.8 Å². The summed E-state index contributed by atoms with van der Waals surface area (Å²) in [7, 11) is 0. The monoisotopic (exact) mass is 362 g/mol. The Labute approximate surface area is 152 Å². The molecule has 0 radical (unpaired) electrons. The number of aryl methyl sites for hydroxylation is 1. The van der Waals surface area contributed by atoms with E-state index >= 15 is 0 Å². The second kappa shape index (κ2) is 7.66. The molecule has 3 heterocycles. The van der Waals surface area contributed by atoms with Gasteiger partial charge in [-0.05, 0) is 46.1 Å². The average Bonchev–Trinajstić information content (AvgIpc) is 2.94. The van der Waals surface area contributed by atoms with Crippen LogP contribution in [0.3, 0.4) is 0 Å². The van der Waals surface area contributed by atoms with E-state index in [1.54, 1.807) is 6.33 Å². The van der Waals surface area contributed by atoms with Crippen molar-refractivity contribution < 1.29 is 9.53 Å². The predicted octanol–water partition coefficient (Wildman–Crippen LogP) is 3.46. The van der Waals surface area contributed by atoms with Gasteiger partial charge < -0.3 is 15.0 Å². The first kappa shape index (κ1) is 18.1. The number of fused-ring (bicyclic) bond motifs is 1. The van der Waals surface area contributed by atoms with Gasteiger partial charge in [-0.1, -0.05) is 0 Å². The number of thiophene rings is 1. The largest absolute Gasteiger partial charge is 0.462 e. The van der Waals surface area contributed by atoms with Gasteiger partial charge in [0.25, 0.3) is 0 Å². The minimum atomic E-state index is -0.279. The van der Waals surface area contributed by atoms with Crippen molar-refractivity contribution in [3.63, 3.8) is 0 Å². The van der Waals surface area contributed by atoms with Crippen LogP contribution in [0.2, 0.25) is 0 Å². The summed E-state index contributed by atoms with van der Waals surface area (Å²) < 4.78 is 5.16. The van der Waals surface area contributed by atoms with Crippen LogP contribution < -0.4 is 5.32 Å². The molecule has 0 atom stereocenters. The molecule has 2 aromatic rings. The van der Waals surface area contributed by atoms with Crippen LogP contribution in [0.4, 0.5) is 5.82 Å². The molecule has 136 valence electrons. The van der Waals surface area contributed by atoms with E-state index in [9.17, 15) is 4.79 Å². The molecule has 3 rings (SSSR count). The molecule has 1 saturated heterocycles. The molecular weight excluding hydrogens is 336 g/mol. The van der Waals surface area contributed by atoms with Crippen molar-refractivity contribution in [2.24, 2.45) is 0 Å². The highest BCUT2D eigenvalue weighted by atomic mass is 32.1. The first-order valence-electron chi connectivity index (χ1n) is 8.93. The first-order chi connectivity index (χ1) is 12.0. The van der Waals surface area contributed by atoms with Crippen molar-refractivity contribution in [3.05, 3.63) is 16.8 Å². The molecule has 2 aromatic heterocycles. The van der Waals surface area contributed by atoms with E-state index < -0.39 is 0 Å². The Morgan fingerprint density at radius 1 is 1.40 bits per heavy atom. The van der Waals surface area contributed by atoms with Crippen LogP contribution in [-0.4, -0.2) is 52.6 Å². The van der Waals surface area contributed by atoms with Crippen LogP contribution in [0.25, 0.3) is 10.2 Å². The van der Waals surface area contributed by atoms with Gasteiger partial charge >= 0.3 is 5.97 Å². The Hall–Kier alpha value is -1.73. The van der Waals surface area contributed by atoms with E-state index in [0.29, 0.717) is 23.6 Å². The normalized spacial score (nSPS) is 16.5. The molecule has 1 aliphatic heterocycles. The predicted molar refractivity (Wildman–Crippen MR) is 101 cm³/mol. The van der Waals surface area contributed by atoms with Crippen LogP contribution >= 0.6 is 11.3 Å². The Balaban J connectivity index is 1.81. The van der Waals surface area contributed by atoms with Gasteiger partial charge in [-0.3, -0.25) is 0 Å². The number of hydrogen-bond acceptors (Lipinski definition) is 7. The summed E-state index contributed by atoms with van der Waals surface area (Å²) in [5.41, 5.74) is 0.904. The van der Waals surface area contributed by atoms with Crippen LogP contribution in [0, 0.1) is 6.92 Å². The Bertz CT molecular complexity index is 751. The molecule has 0 saturated carbocycles. The third kappa shape index (κ3) is 3.77. The number of esters is 1. The molecule has 1 fully saturated rings. The zero-order valence-electron chi connectivity index (χ0n) is 15.3. The summed E-state index contributed by atoms with van der Waals surface area (Å²) >= 11 is 1.38. The summed E-state index contributed by atoms with van der Waals surface area (Å²) in [6.45, 7) is 10.8. The SMILES string of the molecule is CCOC(=O)c1sc2ncnc(NC3CCN(C(C)C)CC3)c2c1C. The molecule has 1 N–H and O–H groups in total. The van der Waals surface area contributed by atoms with Crippen molar-refractivity contribution in [2.75, 3.05) is 25.0 Å². The summed E-state index contributed by atoms with van der Waals surface area (Å²) in [6, 6.07) is 0.997. The maximum Gasteiger partial charge on any atom is 0.348 e. The lowest BCUT2D eigenvalue weighted by molar-refractivity contribution is 0.0531. The fourth-order valence-electron chi connectivity index (χ4n) is 3.33. The quantitative estimate of drug-likeness (QED) is 0.822. The van der Waals surface area contributed by atoms with E-state index in [0.717, 1.165) is 47.5 Å². The zero-order valence-corrected chi connectivity index (χ0v) is 16.2. The molecule has 0 spiro atoms. The van der Waals surface area contributed by atoms with Gasteiger partial charge in [-0.25, -0.2) is 14.8 Å². The van der Waals surface area contributed by atoms with Crippen LogP contribution in [-0.2, 0) is 4.74 Å². The smallest absolute Gasteiger partial charge is 0.348 e. The molecule has 6 nitrogen and oxygen atoms in total. The number of aromatic nitrogens is 2. The van der Waals surface area contributed by atoms with Crippen molar-refractivity contribution in [1.82, 2.24) is 14.9 Å². The number of piperidine rings is 1. The lowest BCUT2D eigenvalue weighted by Gasteiger charge is -2.35. The van der Waals surface area contributed by atoms with Gasteiger partial charge in [0.2, 0.25) is 0 Å². The summed E-state index contributed by atoms with van der Waals surface area (Å²) in [5, 5.41) is 4.53. The van der Waals surface area contributed by atoms with Gasteiger partial charge in [-0.15, -0.1) is 11.3 Å². The van der Waals surface area contributed by atoms with Crippen LogP contribution in [0.15, 0.2) is 6.33 Å². The first-order valence-corrected chi connectivity index (χ1v) is 9.74. The standard InChI is InChI=1S/C18H26N4O2S/c1-5-24-18(23)15-12(4)14-16(19-10-20-17(14)25-15)21-13-6-8-22(9-7-13)11(2)3/h10-11,13H,5-9H2,1-4H3,(H,19,20,21). The highest BCUT2D eigenvalue weighted by Gasteiger charge is 2.24. The number of hydrogen-bond donors (Lipinski definition) is 1. The van der Waals surface area contributed by atoms with E-state index in [4.69, 9.17) is 4.74 Å². The summed E-state index contributed by atoms with van der Waals surface area (Å²) in [6.07, 6.45) is 3.76. The molecule has 0 aromatic carbocycles. The Morgan fingerprint density at radius 3 is 2.76 bits per heavy atom. The summed E-state index contributed by atoms with van der Waals surface area (Å²) in [4.78, 5) is 24.9. The number of nitrogens with one attached hydrogen (secondary N) is 1. The molecule has 1 aliphatic rings. The Kier molecular flexibility index (Phi) is 5.54. The number of carbonyl (C=O) groups excluding carboxylic acids is 1. The van der Waals surface area contributed by atoms with Gasteiger partial charge in [-0.2, -0.15) is 0 Å². The lowest BCUT2D eigenvalue weighted by Crippen LogP contribution is -2.42. The minimum absolute atomic E-state index is 0.279. The number of carbonyl (C=O) groups is 1. The van der Waals surface area contributed by atoms with Crippen molar-refractivity contribution in [1.29, 1.82) is 0 Å². The summed E-state index contributed by atoms with van der Waals surface area (Å²) in [5.74, 6) is 0.552. The van der Waals surface area contributed by atoms with Gasteiger partial charge in [0.1, 0.15) is 21.9 Å². The van der Waals surface area contributed by atoms with E-state index in [-0.39, 0.29) is 5.97 Å². The molecule has 0 bridgehead atoms. The van der Waals surface area contributed by atoms with Gasteiger partial charge in [0, 0.05) is 25.2 Å². The van der Waals surface area contributed by atoms with E-state index in [2.05, 4.69) is 34.0 Å². The minimum Gasteiger partial charge on any atom is -0.462 e. The molecule has 0 amide bonds. The van der Waals surface area contributed by atoms with Crippen molar-refractivity contribution in [3.8, 4) is 0 Å². The number of ether oxygens (including phenoxy) is 1. The molecule has 0 aliphatic carbocycles. The average molecular weight is 362 g/mol. The number of anilines is 1. The topological polar surface area (TPSA) is 67.3 Å². The van der Waals surface area contributed by atoms with E-state index in [1.165, 1.54) is 11.3 Å². The number of nitrogens with zero attached hydrogens (tertiary/aromatic N) is 3. The van der Waals surface area contributed by atoms with E-state index in [1.807, 2.05) is 13.8 Å². The molecule has 7 heteroatoms. The molecule has 0 unspecified atom stereocenters. The zero-order chi connectivity index (χ0) is 18.0. The molecule has 25 heavy (non-hydrogen) atoms. The van der Waals surface area contributed by atoms with Gasteiger partial charge in [0.15, 0.2) is 0 Å². The number of rotatable bonds is 5. The maximum atomic E-state index is 12.2. The number of likely N-dealkylation sites (tertiary alicyclic amines) is 1. The highest BCUT2D eigenvalue weighted by molar-refractivity contribution is 7.20. The van der Waals surface area contributed by atoms with Crippen LogP contribution in [0.5, 0.6) is 0 Å². The fraction of sp³-hybridized carbons (Fsp3) is 0.611.